The van der Waals surface area contributed by atoms with Gasteiger partial charge in [0.2, 0.25) is 0 Å². The fourth-order valence-corrected chi connectivity index (χ4v) is 2.59. The van der Waals surface area contributed by atoms with Gasteiger partial charge in [-0.25, -0.2) is 0 Å². The first kappa shape index (κ1) is 16.0. The SMILES string of the molecule is CC(CC(=O)O[Si](C)(C)C(C)(C)C)c1ccccc1. The maximum atomic E-state index is 12.1. The van der Waals surface area contributed by atoms with Gasteiger partial charge >= 0.3 is 0 Å². The van der Waals surface area contributed by atoms with Crippen molar-refractivity contribution in [1.82, 2.24) is 0 Å². The van der Waals surface area contributed by atoms with Gasteiger partial charge < -0.3 is 4.43 Å². The topological polar surface area (TPSA) is 26.3 Å². The van der Waals surface area contributed by atoms with Crippen LogP contribution in [0.5, 0.6) is 0 Å². The number of hydrogen-bond donors (Lipinski definition) is 0. The Hall–Kier alpha value is -1.09. The fraction of sp³-hybridized carbons (Fsp3) is 0.562. The third kappa shape index (κ3) is 4.50. The summed E-state index contributed by atoms with van der Waals surface area (Å²) in [5.74, 6) is 0.140. The molecule has 0 spiro atoms. The molecule has 0 bridgehead atoms. The summed E-state index contributed by atoms with van der Waals surface area (Å²) in [6, 6.07) is 10.1. The van der Waals surface area contributed by atoms with Gasteiger partial charge in [0.1, 0.15) is 0 Å². The molecule has 0 aliphatic heterocycles. The van der Waals surface area contributed by atoms with E-state index in [-0.39, 0.29) is 16.9 Å². The van der Waals surface area contributed by atoms with Crippen molar-refractivity contribution in [3.8, 4) is 0 Å². The standard InChI is InChI=1S/C16H26O2Si/c1-13(14-10-8-7-9-11-14)12-15(17)18-19(5,6)16(2,3)4/h7-11,13H,12H2,1-6H3. The molecule has 1 aromatic carbocycles. The minimum Gasteiger partial charge on any atom is -0.519 e. The molecule has 0 radical (unpaired) electrons. The number of hydrogen-bond acceptors (Lipinski definition) is 2. The zero-order chi connectivity index (χ0) is 14.7. The highest BCUT2D eigenvalue weighted by Crippen LogP contribution is 2.37. The van der Waals surface area contributed by atoms with Crippen LogP contribution < -0.4 is 0 Å². The number of rotatable bonds is 4. The van der Waals surface area contributed by atoms with Gasteiger partial charge in [-0.1, -0.05) is 58.0 Å². The Balaban J connectivity index is 2.62. The molecule has 0 saturated heterocycles. The summed E-state index contributed by atoms with van der Waals surface area (Å²) in [7, 11) is -1.99. The van der Waals surface area contributed by atoms with Gasteiger partial charge in [0.15, 0.2) is 0 Å². The summed E-state index contributed by atoms with van der Waals surface area (Å²) in [5.41, 5.74) is 1.19. The molecule has 3 heteroatoms. The van der Waals surface area contributed by atoms with Crippen LogP contribution in [0.2, 0.25) is 18.1 Å². The van der Waals surface area contributed by atoms with Crippen molar-refractivity contribution in [2.24, 2.45) is 0 Å². The highest BCUT2D eigenvalue weighted by molar-refractivity contribution is 6.75. The predicted octanol–water partition coefficient (Wildman–Crippen LogP) is 4.73. The van der Waals surface area contributed by atoms with Gasteiger partial charge in [-0.15, -0.1) is 0 Å². The van der Waals surface area contributed by atoms with Crippen molar-refractivity contribution in [2.75, 3.05) is 0 Å². The smallest absolute Gasteiger partial charge is 0.293 e. The first-order valence-corrected chi connectivity index (χ1v) is 9.81. The Morgan fingerprint density at radius 2 is 1.74 bits per heavy atom. The molecule has 1 aromatic rings. The van der Waals surface area contributed by atoms with Crippen molar-refractivity contribution < 1.29 is 9.22 Å². The molecule has 0 aliphatic carbocycles. The Labute approximate surface area is 118 Å². The molecule has 1 rings (SSSR count). The van der Waals surface area contributed by atoms with Crippen LogP contribution >= 0.6 is 0 Å². The zero-order valence-corrected chi connectivity index (χ0v) is 14.0. The van der Waals surface area contributed by atoms with E-state index < -0.39 is 8.32 Å². The third-order valence-electron chi connectivity index (χ3n) is 4.02. The predicted molar refractivity (Wildman–Crippen MR) is 82.8 cm³/mol. The summed E-state index contributed by atoms with van der Waals surface area (Å²) in [4.78, 5) is 12.1. The van der Waals surface area contributed by atoms with Crippen molar-refractivity contribution in [3.63, 3.8) is 0 Å². The van der Waals surface area contributed by atoms with Crippen LogP contribution in [0.15, 0.2) is 30.3 Å². The van der Waals surface area contributed by atoms with E-state index in [1.165, 1.54) is 5.56 Å². The zero-order valence-electron chi connectivity index (χ0n) is 13.0. The van der Waals surface area contributed by atoms with Crippen LogP contribution in [0.1, 0.15) is 45.6 Å². The van der Waals surface area contributed by atoms with Crippen LogP contribution in [0.3, 0.4) is 0 Å². The van der Waals surface area contributed by atoms with Crippen molar-refractivity contribution >= 4 is 14.3 Å². The average molecular weight is 278 g/mol. The lowest BCUT2D eigenvalue weighted by Crippen LogP contribution is -2.42. The lowest BCUT2D eigenvalue weighted by Gasteiger charge is -2.35. The van der Waals surface area contributed by atoms with Crippen LogP contribution in [-0.4, -0.2) is 14.3 Å². The third-order valence-corrected chi connectivity index (χ3v) is 8.37. The number of benzene rings is 1. The monoisotopic (exact) mass is 278 g/mol. The molecular weight excluding hydrogens is 252 g/mol. The molecular formula is C16H26O2Si. The Morgan fingerprint density at radius 3 is 2.21 bits per heavy atom. The van der Waals surface area contributed by atoms with E-state index in [0.29, 0.717) is 6.42 Å². The van der Waals surface area contributed by atoms with Crippen LogP contribution in [0.4, 0.5) is 0 Å². The largest absolute Gasteiger partial charge is 0.519 e. The van der Waals surface area contributed by atoms with Gasteiger partial charge in [0, 0.05) is 0 Å². The minimum absolute atomic E-state index is 0.0667. The van der Waals surface area contributed by atoms with Crippen LogP contribution in [0.25, 0.3) is 0 Å². The van der Waals surface area contributed by atoms with E-state index in [1.807, 2.05) is 18.2 Å². The second-order valence-corrected chi connectivity index (χ2v) is 11.5. The molecule has 0 heterocycles. The Morgan fingerprint density at radius 1 is 1.21 bits per heavy atom. The van der Waals surface area contributed by atoms with Crippen molar-refractivity contribution in [1.29, 1.82) is 0 Å². The Kier molecular flexibility index (Phi) is 4.96. The lowest BCUT2D eigenvalue weighted by molar-refractivity contribution is -0.135. The Bertz CT molecular complexity index is 418. The molecule has 2 nitrogen and oxygen atoms in total. The normalized spacial score (nSPS) is 14.0. The van der Waals surface area contributed by atoms with Gasteiger partial charge in [0.05, 0.1) is 6.42 Å². The fourth-order valence-electron chi connectivity index (χ4n) is 1.63. The van der Waals surface area contributed by atoms with E-state index in [1.54, 1.807) is 0 Å². The molecule has 0 fully saturated rings. The summed E-state index contributed by atoms with van der Waals surface area (Å²) < 4.78 is 5.79. The maximum absolute atomic E-state index is 12.1. The van der Waals surface area contributed by atoms with Crippen LogP contribution in [0, 0.1) is 0 Å². The summed E-state index contributed by atoms with van der Waals surface area (Å²) >= 11 is 0. The molecule has 0 saturated carbocycles. The summed E-state index contributed by atoms with van der Waals surface area (Å²) in [6.07, 6.45) is 0.455. The molecule has 0 N–H and O–H groups in total. The van der Waals surface area contributed by atoms with Crippen molar-refractivity contribution in [3.05, 3.63) is 35.9 Å². The molecule has 0 aromatic heterocycles. The summed E-state index contributed by atoms with van der Waals surface area (Å²) in [6.45, 7) is 12.7. The maximum Gasteiger partial charge on any atom is 0.293 e. The van der Waals surface area contributed by atoms with Gasteiger partial charge in [-0.05, 0) is 29.6 Å². The molecule has 1 atom stereocenters. The molecule has 19 heavy (non-hydrogen) atoms. The molecule has 1 unspecified atom stereocenters. The minimum atomic E-state index is -1.99. The van der Waals surface area contributed by atoms with Crippen LogP contribution in [-0.2, 0) is 9.22 Å². The molecule has 106 valence electrons. The molecule has 0 aliphatic rings. The highest BCUT2D eigenvalue weighted by atomic mass is 28.4. The average Bonchev–Trinajstić information content (AvgIpc) is 2.27. The quantitative estimate of drug-likeness (QED) is 0.744. The second-order valence-electron chi connectivity index (χ2n) is 6.75. The van der Waals surface area contributed by atoms with E-state index >= 15 is 0 Å². The second kappa shape index (κ2) is 5.91. The van der Waals surface area contributed by atoms with Gasteiger partial charge in [0.25, 0.3) is 14.3 Å². The van der Waals surface area contributed by atoms with Gasteiger partial charge in [-0.2, -0.15) is 0 Å². The summed E-state index contributed by atoms with van der Waals surface area (Å²) in [5, 5.41) is 0.0681. The van der Waals surface area contributed by atoms with E-state index in [9.17, 15) is 4.79 Å². The van der Waals surface area contributed by atoms with E-state index in [0.717, 1.165) is 0 Å². The lowest BCUT2D eigenvalue weighted by atomic mass is 9.98. The first-order valence-electron chi connectivity index (χ1n) is 6.90. The highest BCUT2D eigenvalue weighted by Gasteiger charge is 2.40. The number of carbonyl (C=O) groups is 1. The number of carbonyl (C=O) groups excluding carboxylic acids is 1. The molecule has 0 amide bonds. The van der Waals surface area contributed by atoms with E-state index in [4.69, 9.17) is 4.43 Å². The van der Waals surface area contributed by atoms with Crippen molar-refractivity contribution in [2.45, 2.75) is 58.2 Å². The first-order chi connectivity index (χ1) is 8.63. The van der Waals surface area contributed by atoms with E-state index in [2.05, 4.69) is 52.9 Å². The van der Waals surface area contributed by atoms with Gasteiger partial charge in [-0.3, -0.25) is 4.79 Å².